The zero-order valence-electron chi connectivity index (χ0n) is 11.2. The standard InChI is InChI=1S/C14H18ClNO3/c1-16(13(17)4-3-9-15)10-11-5-7-12(8-6-11)14(18)19-2/h5-8H,3-4,9-10H2,1-2H3. The zero-order valence-corrected chi connectivity index (χ0v) is 11.9. The molecule has 5 heteroatoms. The number of esters is 1. The number of carbonyl (C=O) groups excluding carboxylic acids is 2. The summed E-state index contributed by atoms with van der Waals surface area (Å²) in [5.41, 5.74) is 1.47. The molecule has 0 saturated carbocycles. The second kappa shape index (κ2) is 7.79. The first-order chi connectivity index (χ1) is 9.08. The molecule has 0 aromatic heterocycles. The smallest absolute Gasteiger partial charge is 0.337 e. The molecule has 0 atom stereocenters. The Hall–Kier alpha value is -1.55. The van der Waals surface area contributed by atoms with E-state index in [1.807, 2.05) is 12.1 Å². The Balaban J connectivity index is 2.57. The van der Waals surface area contributed by atoms with E-state index in [0.717, 1.165) is 5.56 Å². The highest BCUT2D eigenvalue weighted by Gasteiger charge is 2.09. The van der Waals surface area contributed by atoms with Crippen LogP contribution in [0.25, 0.3) is 0 Å². The van der Waals surface area contributed by atoms with Gasteiger partial charge in [-0.15, -0.1) is 11.6 Å². The van der Waals surface area contributed by atoms with Crippen molar-refractivity contribution in [3.05, 3.63) is 35.4 Å². The van der Waals surface area contributed by atoms with Gasteiger partial charge in [-0.1, -0.05) is 12.1 Å². The first-order valence-electron chi connectivity index (χ1n) is 6.05. The second-order valence-electron chi connectivity index (χ2n) is 4.23. The van der Waals surface area contributed by atoms with E-state index in [1.54, 1.807) is 24.1 Å². The molecule has 0 N–H and O–H groups in total. The van der Waals surface area contributed by atoms with Gasteiger partial charge in [0.2, 0.25) is 5.91 Å². The molecular weight excluding hydrogens is 266 g/mol. The number of amides is 1. The lowest BCUT2D eigenvalue weighted by Gasteiger charge is -2.17. The molecule has 0 aliphatic heterocycles. The van der Waals surface area contributed by atoms with Crippen molar-refractivity contribution in [1.82, 2.24) is 4.90 Å². The van der Waals surface area contributed by atoms with E-state index >= 15 is 0 Å². The molecular formula is C14H18ClNO3. The maximum Gasteiger partial charge on any atom is 0.337 e. The molecule has 1 rings (SSSR count). The molecule has 4 nitrogen and oxygen atoms in total. The van der Waals surface area contributed by atoms with Crippen LogP contribution in [0.5, 0.6) is 0 Å². The molecule has 19 heavy (non-hydrogen) atoms. The van der Waals surface area contributed by atoms with Gasteiger partial charge >= 0.3 is 5.97 Å². The number of hydrogen-bond acceptors (Lipinski definition) is 3. The van der Waals surface area contributed by atoms with Crippen LogP contribution in [-0.4, -0.2) is 36.8 Å². The van der Waals surface area contributed by atoms with Gasteiger partial charge < -0.3 is 9.64 Å². The monoisotopic (exact) mass is 283 g/mol. The number of benzene rings is 1. The summed E-state index contributed by atoms with van der Waals surface area (Å²) in [6.07, 6.45) is 1.15. The maximum atomic E-state index is 11.7. The summed E-state index contributed by atoms with van der Waals surface area (Å²) in [6, 6.07) is 7.02. The number of alkyl halides is 1. The molecule has 0 fully saturated rings. The molecule has 0 saturated heterocycles. The van der Waals surface area contributed by atoms with Crippen LogP contribution in [0.3, 0.4) is 0 Å². The SMILES string of the molecule is COC(=O)c1ccc(CN(C)C(=O)CCCCl)cc1. The predicted molar refractivity (Wildman–Crippen MR) is 74.2 cm³/mol. The highest BCUT2D eigenvalue weighted by Crippen LogP contribution is 2.09. The Morgan fingerprint density at radius 3 is 2.42 bits per heavy atom. The molecule has 1 aromatic carbocycles. The summed E-state index contributed by atoms with van der Waals surface area (Å²) in [4.78, 5) is 24.6. The summed E-state index contributed by atoms with van der Waals surface area (Å²) in [5, 5.41) is 0. The number of ether oxygens (including phenoxy) is 1. The van der Waals surface area contributed by atoms with Crippen LogP contribution in [0.4, 0.5) is 0 Å². The minimum Gasteiger partial charge on any atom is -0.465 e. The van der Waals surface area contributed by atoms with Crippen molar-refractivity contribution >= 4 is 23.5 Å². The number of nitrogens with zero attached hydrogens (tertiary/aromatic N) is 1. The molecule has 0 unspecified atom stereocenters. The van der Waals surface area contributed by atoms with Crippen molar-refractivity contribution in [2.24, 2.45) is 0 Å². The molecule has 0 bridgehead atoms. The predicted octanol–water partition coefficient (Wildman–Crippen LogP) is 2.45. The summed E-state index contributed by atoms with van der Waals surface area (Å²) in [7, 11) is 3.10. The lowest BCUT2D eigenvalue weighted by atomic mass is 10.1. The van der Waals surface area contributed by atoms with E-state index in [2.05, 4.69) is 4.74 Å². The van der Waals surface area contributed by atoms with Crippen molar-refractivity contribution in [3.8, 4) is 0 Å². The van der Waals surface area contributed by atoms with Gasteiger partial charge in [0.15, 0.2) is 0 Å². The third-order valence-corrected chi connectivity index (χ3v) is 3.01. The van der Waals surface area contributed by atoms with Crippen LogP contribution >= 0.6 is 11.6 Å². The van der Waals surface area contributed by atoms with Crippen LogP contribution < -0.4 is 0 Å². The van der Waals surface area contributed by atoms with Gasteiger partial charge in [0.25, 0.3) is 0 Å². The summed E-state index contributed by atoms with van der Waals surface area (Å²) in [6.45, 7) is 0.516. The molecule has 104 valence electrons. The lowest BCUT2D eigenvalue weighted by molar-refractivity contribution is -0.130. The largest absolute Gasteiger partial charge is 0.465 e. The Kier molecular flexibility index (Phi) is 6.36. The normalized spacial score (nSPS) is 10.1. The summed E-state index contributed by atoms with van der Waals surface area (Å²) < 4.78 is 4.62. The second-order valence-corrected chi connectivity index (χ2v) is 4.61. The van der Waals surface area contributed by atoms with Crippen molar-refractivity contribution in [1.29, 1.82) is 0 Å². The first kappa shape index (κ1) is 15.5. The molecule has 0 radical (unpaired) electrons. The minimum atomic E-state index is -0.363. The summed E-state index contributed by atoms with van der Waals surface area (Å²) in [5.74, 6) is 0.198. The Morgan fingerprint density at radius 2 is 1.89 bits per heavy atom. The quantitative estimate of drug-likeness (QED) is 0.595. The van der Waals surface area contributed by atoms with Crippen molar-refractivity contribution in [3.63, 3.8) is 0 Å². The molecule has 0 heterocycles. The van der Waals surface area contributed by atoms with Crippen LogP contribution in [0, 0.1) is 0 Å². The van der Waals surface area contributed by atoms with E-state index in [9.17, 15) is 9.59 Å². The van der Waals surface area contributed by atoms with Gasteiger partial charge in [-0.3, -0.25) is 4.79 Å². The number of carbonyl (C=O) groups is 2. The van der Waals surface area contributed by atoms with Gasteiger partial charge in [0, 0.05) is 25.9 Å². The fourth-order valence-corrected chi connectivity index (χ4v) is 1.77. The summed E-state index contributed by atoms with van der Waals surface area (Å²) >= 11 is 5.56. The molecule has 0 aliphatic carbocycles. The van der Waals surface area contributed by atoms with Crippen LogP contribution in [0.15, 0.2) is 24.3 Å². The molecule has 0 spiro atoms. The van der Waals surface area contributed by atoms with Crippen LogP contribution in [-0.2, 0) is 16.1 Å². The zero-order chi connectivity index (χ0) is 14.3. The average molecular weight is 284 g/mol. The molecule has 0 aliphatic rings. The minimum absolute atomic E-state index is 0.0673. The van der Waals surface area contributed by atoms with Gasteiger partial charge in [0.05, 0.1) is 12.7 Å². The first-order valence-corrected chi connectivity index (χ1v) is 6.59. The third kappa shape index (κ3) is 4.91. The topological polar surface area (TPSA) is 46.6 Å². The van der Waals surface area contributed by atoms with E-state index in [-0.39, 0.29) is 11.9 Å². The van der Waals surface area contributed by atoms with E-state index < -0.39 is 0 Å². The number of hydrogen-bond donors (Lipinski definition) is 0. The van der Waals surface area contributed by atoms with Gasteiger partial charge in [-0.05, 0) is 24.1 Å². The van der Waals surface area contributed by atoms with Gasteiger partial charge in [-0.25, -0.2) is 4.79 Å². The van der Waals surface area contributed by atoms with E-state index in [1.165, 1.54) is 7.11 Å². The average Bonchev–Trinajstić information content (AvgIpc) is 2.44. The van der Waals surface area contributed by atoms with Crippen molar-refractivity contribution in [2.45, 2.75) is 19.4 Å². The van der Waals surface area contributed by atoms with Gasteiger partial charge in [0.1, 0.15) is 0 Å². The Bertz CT molecular complexity index is 431. The fraction of sp³-hybridized carbons (Fsp3) is 0.429. The number of halogens is 1. The Labute approximate surface area is 118 Å². The molecule has 1 aromatic rings. The highest BCUT2D eigenvalue weighted by atomic mass is 35.5. The van der Waals surface area contributed by atoms with Crippen LogP contribution in [0.1, 0.15) is 28.8 Å². The van der Waals surface area contributed by atoms with E-state index in [0.29, 0.717) is 30.8 Å². The van der Waals surface area contributed by atoms with Crippen LogP contribution in [0.2, 0.25) is 0 Å². The fourth-order valence-electron chi connectivity index (χ4n) is 1.64. The van der Waals surface area contributed by atoms with Crippen molar-refractivity contribution in [2.75, 3.05) is 20.0 Å². The third-order valence-electron chi connectivity index (χ3n) is 2.74. The van der Waals surface area contributed by atoms with Gasteiger partial charge in [-0.2, -0.15) is 0 Å². The Morgan fingerprint density at radius 1 is 1.26 bits per heavy atom. The van der Waals surface area contributed by atoms with E-state index in [4.69, 9.17) is 11.6 Å². The molecule has 1 amide bonds. The lowest BCUT2D eigenvalue weighted by Crippen LogP contribution is -2.25. The number of rotatable bonds is 6. The maximum absolute atomic E-state index is 11.7. The van der Waals surface area contributed by atoms with Crippen molar-refractivity contribution < 1.29 is 14.3 Å². The number of methoxy groups -OCH3 is 1. The highest BCUT2D eigenvalue weighted by molar-refractivity contribution is 6.17.